The van der Waals surface area contributed by atoms with Gasteiger partial charge in [-0.2, -0.15) is 4.98 Å². The molecular weight excluding hydrogens is 649 g/mol. The zero-order chi connectivity index (χ0) is 32.4. The SMILES string of the molecule is C=CC(=O)NC1CCC(C2=CC=C2)C[C@H]1CNc1ncc2c(n1)N(Cc1nccs1)C(=O)N(c1c(Cl)c(OC)cc(OC)c1Cl)C2. The van der Waals surface area contributed by atoms with E-state index in [1.165, 1.54) is 42.1 Å². The minimum absolute atomic E-state index is 0.0116. The highest BCUT2D eigenvalue weighted by molar-refractivity contribution is 7.09. The molecule has 14 heteroatoms. The predicted octanol–water partition coefficient (Wildman–Crippen LogP) is 6.40. The molecule has 3 heterocycles. The number of aromatic nitrogens is 3. The highest BCUT2D eigenvalue weighted by Gasteiger charge is 2.38. The Bertz CT molecular complexity index is 1690. The van der Waals surface area contributed by atoms with Gasteiger partial charge in [0.1, 0.15) is 32.4 Å². The van der Waals surface area contributed by atoms with Gasteiger partial charge in [-0.25, -0.2) is 14.8 Å². The van der Waals surface area contributed by atoms with Crippen LogP contribution in [0.4, 0.5) is 22.2 Å². The lowest BCUT2D eigenvalue weighted by molar-refractivity contribution is -0.117. The number of nitrogens with zero attached hydrogens (tertiary/aromatic N) is 5. The van der Waals surface area contributed by atoms with Crippen molar-refractivity contribution in [1.29, 1.82) is 0 Å². The summed E-state index contributed by atoms with van der Waals surface area (Å²) in [5.41, 5.74) is 2.30. The number of carbonyl (C=O) groups excluding carboxylic acids is 2. The quantitative estimate of drug-likeness (QED) is 0.223. The van der Waals surface area contributed by atoms with Gasteiger partial charge in [0.15, 0.2) is 0 Å². The van der Waals surface area contributed by atoms with E-state index in [1.807, 2.05) is 5.38 Å². The fourth-order valence-corrected chi connectivity index (χ4v) is 7.43. The monoisotopic (exact) mass is 681 g/mol. The van der Waals surface area contributed by atoms with Crippen LogP contribution in [0.2, 0.25) is 10.0 Å². The van der Waals surface area contributed by atoms with E-state index in [1.54, 1.807) is 23.4 Å². The van der Waals surface area contributed by atoms with Crippen LogP contribution in [0, 0.1) is 11.8 Å². The third-order valence-electron chi connectivity index (χ3n) is 8.55. The van der Waals surface area contributed by atoms with Gasteiger partial charge in [-0.1, -0.05) is 48.0 Å². The van der Waals surface area contributed by atoms with Crippen molar-refractivity contribution in [2.75, 3.05) is 35.9 Å². The Morgan fingerprint density at radius 1 is 1.20 bits per heavy atom. The van der Waals surface area contributed by atoms with Crippen LogP contribution in [-0.2, 0) is 17.9 Å². The molecule has 2 N–H and O–H groups in total. The summed E-state index contributed by atoms with van der Waals surface area (Å²) in [7, 11) is 2.96. The van der Waals surface area contributed by atoms with Crippen molar-refractivity contribution in [3.05, 3.63) is 80.9 Å². The molecule has 6 rings (SSSR count). The molecule has 0 radical (unpaired) electrons. The normalized spacial score (nSPS) is 20.4. The zero-order valence-corrected chi connectivity index (χ0v) is 27.7. The molecule has 240 valence electrons. The van der Waals surface area contributed by atoms with Gasteiger partial charge in [-0.3, -0.25) is 14.6 Å². The van der Waals surface area contributed by atoms with E-state index in [2.05, 4.69) is 45.4 Å². The van der Waals surface area contributed by atoms with E-state index in [9.17, 15) is 9.59 Å². The van der Waals surface area contributed by atoms with Gasteiger partial charge in [0.2, 0.25) is 11.9 Å². The van der Waals surface area contributed by atoms with Gasteiger partial charge < -0.3 is 20.1 Å². The first-order chi connectivity index (χ1) is 22.3. The lowest BCUT2D eigenvalue weighted by Gasteiger charge is -2.38. The maximum atomic E-state index is 14.2. The second-order valence-electron chi connectivity index (χ2n) is 11.2. The summed E-state index contributed by atoms with van der Waals surface area (Å²) in [5.74, 6) is 1.85. The summed E-state index contributed by atoms with van der Waals surface area (Å²) in [6, 6.07) is 1.17. The number of hydrogen-bond donors (Lipinski definition) is 2. The molecule has 0 bridgehead atoms. The predicted molar refractivity (Wildman–Crippen MR) is 180 cm³/mol. The highest BCUT2D eigenvalue weighted by Crippen LogP contribution is 2.48. The summed E-state index contributed by atoms with van der Waals surface area (Å²) >= 11 is 14.9. The first-order valence-corrected chi connectivity index (χ1v) is 16.4. The van der Waals surface area contributed by atoms with Crippen molar-refractivity contribution in [2.24, 2.45) is 11.8 Å². The minimum Gasteiger partial charge on any atom is -0.495 e. The first-order valence-electron chi connectivity index (χ1n) is 14.8. The van der Waals surface area contributed by atoms with Gasteiger partial charge in [0.05, 0.1) is 33.0 Å². The maximum Gasteiger partial charge on any atom is 0.330 e. The van der Waals surface area contributed by atoms with Crippen LogP contribution >= 0.6 is 34.5 Å². The molecule has 3 aromatic rings. The van der Waals surface area contributed by atoms with Crippen LogP contribution < -0.4 is 29.9 Å². The lowest BCUT2D eigenvalue weighted by Crippen LogP contribution is -2.48. The third-order valence-corrected chi connectivity index (χ3v) is 10.0. The molecule has 2 aliphatic carbocycles. The fraction of sp³-hybridized carbons (Fsp3) is 0.344. The number of hydrogen-bond acceptors (Lipinski definition) is 9. The van der Waals surface area contributed by atoms with E-state index in [0.717, 1.165) is 24.3 Å². The molecule has 0 spiro atoms. The summed E-state index contributed by atoms with van der Waals surface area (Å²) in [6.07, 6.45) is 13.8. The van der Waals surface area contributed by atoms with Crippen LogP contribution in [0.5, 0.6) is 11.5 Å². The molecule has 1 saturated carbocycles. The van der Waals surface area contributed by atoms with Gasteiger partial charge in [0.25, 0.3) is 0 Å². The van der Waals surface area contributed by atoms with Crippen molar-refractivity contribution in [3.63, 3.8) is 0 Å². The maximum absolute atomic E-state index is 14.2. The van der Waals surface area contributed by atoms with Gasteiger partial charge >= 0.3 is 6.03 Å². The number of ether oxygens (including phenoxy) is 2. The van der Waals surface area contributed by atoms with Crippen molar-refractivity contribution in [1.82, 2.24) is 20.3 Å². The Labute approximate surface area is 280 Å². The van der Waals surface area contributed by atoms with Gasteiger partial charge in [-0.15, -0.1) is 11.3 Å². The number of urea groups is 1. The third kappa shape index (κ3) is 6.29. The van der Waals surface area contributed by atoms with Crippen LogP contribution in [0.3, 0.4) is 0 Å². The Balaban J connectivity index is 1.29. The summed E-state index contributed by atoms with van der Waals surface area (Å²) in [6.45, 7) is 4.44. The zero-order valence-electron chi connectivity index (χ0n) is 25.3. The Morgan fingerprint density at radius 3 is 2.59 bits per heavy atom. The smallest absolute Gasteiger partial charge is 0.330 e. The number of rotatable bonds is 11. The van der Waals surface area contributed by atoms with E-state index < -0.39 is 6.03 Å². The molecule has 1 aromatic carbocycles. The van der Waals surface area contributed by atoms with Crippen molar-refractivity contribution in [2.45, 2.75) is 38.4 Å². The summed E-state index contributed by atoms with van der Waals surface area (Å²) in [4.78, 5) is 43.3. The number of allylic oxidation sites excluding steroid dienone is 4. The largest absolute Gasteiger partial charge is 0.495 e. The first kappa shape index (κ1) is 31.8. The fourth-order valence-electron chi connectivity index (χ4n) is 6.12. The summed E-state index contributed by atoms with van der Waals surface area (Å²) in [5, 5.41) is 9.42. The molecular formula is C32H33Cl2N7O4S. The number of amides is 3. The van der Waals surface area contributed by atoms with Gasteiger partial charge in [0, 0.05) is 42.0 Å². The standard InChI is InChI=1S/C32H33Cl2N7O4S/c1-4-25(42)38-22-9-8-19(18-6-5-7-18)12-20(22)14-36-31-37-15-21-16-40(29-27(33)23(44-2)13-24(45-3)28(29)34)32(43)41(30(21)39-31)17-26-35-10-11-46-26/h4-7,10-11,13,15,19-20,22H,1,8-9,12,14,16-17H2,2-3H3,(H,38,42)(H,36,37,39)/t19?,20-,22?/m0/s1. The van der Waals surface area contributed by atoms with E-state index in [4.69, 9.17) is 37.7 Å². The Kier molecular flexibility index (Phi) is 9.48. The van der Waals surface area contributed by atoms with E-state index in [0.29, 0.717) is 41.3 Å². The minimum atomic E-state index is -0.393. The molecule has 2 unspecified atom stereocenters. The molecule has 3 amide bonds. The number of fused-ring (bicyclic) bond motifs is 1. The Morgan fingerprint density at radius 2 is 1.96 bits per heavy atom. The second-order valence-corrected chi connectivity index (χ2v) is 12.9. The average Bonchev–Trinajstić information content (AvgIpc) is 3.55. The van der Waals surface area contributed by atoms with Crippen LogP contribution in [0.15, 0.2) is 60.3 Å². The number of nitrogens with one attached hydrogen (secondary N) is 2. The number of halogens is 2. The number of methoxy groups -OCH3 is 2. The number of thiazole rings is 1. The van der Waals surface area contributed by atoms with Crippen LogP contribution in [0.1, 0.15) is 29.8 Å². The van der Waals surface area contributed by atoms with Crippen molar-refractivity contribution >= 4 is 63.9 Å². The topological polar surface area (TPSA) is 122 Å². The average molecular weight is 683 g/mol. The summed E-state index contributed by atoms with van der Waals surface area (Å²) < 4.78 is 10.9. The molecule has 0 saturated heterocycles. The van der Waals surface area contributed by atoms with E-state index in [-0.39, 0.29) is 46.7 Å². The molecule has 3 atom stereocenters. The van der Waals surface area contributed by atoms with Crippen molar-refractivity contribution < 1.29 is 19.1 Å². The number of anilines is 3. The molecule has 1 aliphatic heterocycles. The molecule has 3 aliphatic rings. The van der Waals surface area contributed by atoms with Gasteiger partial charge in [-0.05, 0) is 42.7 Å². The molecule has 11 nitrogen and oxygen atoms in total. The Hall–Kier alpha value is -4.13. The molecule has 2 aromatic heterocycles. The highest BCUT2D eigenvalue weighted by atomic mass is 35.5. The second kappa shape index (κ2) is 13.7. The number of benzene rings is 1. The van der Waals surface area contributed by atoms with E-state index >= 15 is 0 Å². The van der Waals surface area contributed by atoms with Crippen LogP contribution in [0.25, 0.3) is 0 Å². The van der Waals surface area contributed by atoms with Crippen molar-refractivity contribution in [3.8, 4) is 11.5 Å². The molecule has 1 fully saturated rings. The lowest BCUT2D eigenvalue weighted by atomic mass is 9.73. The molecule has 46 heavy (non-hydrogen) atoms. The number of carbonyl (C=O) groups is 2. The van der Waals surface area contributed by atoms with Crippen LogP contribution in [-0.4, -0.2) is 53.7 Å².